The van der Waals surface area contributed by atoms with Crippen LogP contribution in [0.15, 0.2) is 0 Å². The predicted octanol–water partition coefficient (Wildman–Crippen LogP) is 2.38. The van der Waals surface area contributed by atoms with Gasteiger partial charge in [0, 0.05) is 13.1 Å². The van der Waals surface area contributed by atoms with E-state index in [2.05, 4.69) is 4.74 Å². The Morgan fingerprint density at radius 1 is 0.900 bits per heavy atom. The van der Waals surface area contributed by atoms with Crippen LogP contribution >= 0.6 is 0 Å². The number of amides is 1. The number of hydrogen-bond acceptors (Lipinski definition) is 2. The molecule has 0 saturated carbocycles. The van der Waals surface area contributed by atoms with E-state index in [1.807, 2.05) is 0 Å². The lowest BCUT2D eigenvalue weighted by atomic mass is 10.2. The van der Waals surface area contributed by atoms with Crippen LogP contribution in [-0.4, -0.2) is 30.5 Å². The fourth-order valence-electron chi connectivity index (χ4n) is 1.90. The van der Waals surface area contributed by atoms with Gasteiger partial charge in [-0.1, -0.05) is 0 Å². The first kappa shape index (κ1) is 14.5. The molecule has 1 fully saturated rings. The summed E-state index contributed by atoms with van der Waals surface area (Å²) in [6.45, 7) is 0.191. The highest BCUT2D eigenvalue weighted by molar-refractivity contribution is 5.78. The summed E-state index contributed by atoms with van der Waals surface area (Å²) >= 11 is 0. The summed E-state index contributed by atoms with van der Waals surface area (Å²) < 4.78 is 69.6. The van der Waals surface area contributed by atoms with Crippen LogP contribution in [0.4, 0.5) is 22.0 Å². The highest BCUT2D eigenvalue weighted by Crippen LogP contribution is 2.29. The molecule has 1 aliphatic rings. The van der Waals surface area contributed by atoms with E-state index in [9.17, 15) is 26.7 Å². The third kappa shape index (κ3) is 2.54. The fourth-order valence-corrected chi connectivity index (χ4v) is 1.90. The first-order chi connectivity index (χ1) is 9.43. The summed E-state index contributed by atoms with van der Waals surface area (Å²) in [7, 11) is 0. The van der Waals surface area contributed by atoms with Crippen molar-refractivity contribution in [2.75, 3.05) is 19.7 Å². The molecule has 1 amide bonds. The average Bonchev–Trinajstić information content (AvgIpc) is 2.97. The third-order valence-corrected chi connectivity index (χ3v) is 2.97. The summed E-state index contributed by atoms with van der Waals surface area (Å²) in [4.78, 5) is 13.0. The molecule has 0 atom stereocenters. The molecule has 1 saturated heterocycles. The first-order valence-electron chi connectivity index (χ1n) is 5.85. The van der Waals surface area contributed by atoms with Crippen LogP contribution in [0, 0.1) is 29.1 Å². The van der Waals surface area contributed by atoms with Gasteiger partial charge >= 0.3 is 0 Å². The minimum absolute atomic E-state index is 0.485. The molecule has 1 aliphatic heterocycles. The van der Waals surface area contributed by atoms with Gasteiger partial charge in [0.25, 0.3) is 5.91 Å². The standard InChI is InChI=1S/C12H10F5NO2/c13-7-8(14)10(16)12(11(17)9(7)15)20-5-6(19)18-3-1-2-4-18/h1-5H2. The molecule has 0 spiro atoms. The van der Waals surface area contributed by atoms with Crippen LogP contribution in [0.25, 0.3) is 0 Å². The van der Waals surface area contributed by atoms with Crippen LogP contribution in [0.5, 0.6) is 5.75 Å². The number of likely N-dealkylation sites (tertiary alicyclic amines) is 1. The van der Waals surface area contributed by atoms with E-state index < -0.39 is 47.3 Å². The quantitative estimate of drug-likeness (QED) is 0.487. The summed E-state index contributed by atoms with van der Waals surface area (Å²) in [6.07, 6.45) is 1.60. The first-order valence-corrected chi connectivity index (χ1v) is 5.85. The lowest BCUT2D eigenvalue weighted by Crippen LogP contribution is -2.32. The van der Waals surface area contributed by atoms with Crippen molar-refractivity contribution in [3.05, 3.63) is 29.1 Å². The summed E-state index contributed by atoms with van der Waals surface area (Å²) in [5, 5.41) is 0. The van der Waals surface area contributed by atoms with Gasteiger partial charge in [-0.3, -0.25) is 4.79 Å². The minimum Gasteiger partial charge on any atom is -0.477 e. The molecule has 1 aromatic rings. The summed E-state index contributed by atoms with van der Waals surface area (Å²) in [6, 6.07) is 0. The van der Waals surface area contributed by atoms with Crippen LogP contribution in [0.1, 0.15) is 12.8 Å². The number of halogens is 5. The Morgan fingerprint density at radius 3 is 1.85 bits per heavy atom. The van der Waals surface area contributed by atoms with Gasteiger partial charge in [-0.05, 0) is 12.8 Å². The highest BCUT2D eigenvalue weighted by Gasteiger charge is 2.28. The SMILES string of the molecule is O=C(COc1c(F)c(F)c(F)c(F)c1F)N1CCCC1. The summed E-state index contributed by atoms with van der Waals surface area (Å²) in [5.74, 6) is -12.6. The normalized spacial score (nSPS) is 14.8. The van der Waals surface area contributed by atoms with Crippen molar-refractivity contribution in [2.24, 2.45) is 0 Å². The zero-order chi connectivity index (χ0) is 14.9. The van der Waals surface area contributed by atoms with Gasteiger partial charge < -0.3 is 9.64 Å². The van der Waals surface area contributed by atoms with Crippen molar-refractivity contribution in [1.82, 2.24) is 4.90 Å². The Morgan fingerprint density at radius 2 is 1.35 bits per heavy atom. The average molecular weight is 295 g/mol. The van der Waals surface area contributed by atoms with Gasteiger partial charge in [0.1, 0.15) is 0 Å². The maximum atomic E-state index is 13.3. The predicted molar refractivity (Wildman–Crippen MR) is 57.5 cm³/mol. The Kier molecular flexibility index (Phi) is 4.10. The number of carbonyl (C=O) groups excluding carboxylic acids is 1. The topological polar surface area (TPSA) is 29.5 Å². The monoisotopic (exact) mass is 295 g/mol. The maximum absolute atomic E-state index is 13.3. The van der Waals surface area contributed by atoms with Gasteiger partial charge in [-0.15, -0.1) is 0 Å². The van der Waals surface area contributed by atoms with E-state index in [-0.39, 0.29) is 0 Å². The Labute approximate surface area is 110 Å². The van der Waals surface area contributed by atoms with Crippen molar-refractivity contribution in [1.29, 1.82) is 0 Å². The number of ether oxygens (including phenoxy) is 1. The van der Waals surface area contributed by atoms with Crippen molar-refractivity contribution in [2.45, 2.75) is 12.8 Å². The second-order valence-corrected chi connectivity index (χ2v) is 4.28. The molecule has 1 heterocycles. The van der Waals surface area contributed by atoms with Crippen molar-refractivity contribution >= 4 is 5.91 Å². The maximum Gasteiger partial charge on any atom is 0.260 e. The molecule has 0 aliphatic carbocycles. The van der Waals surface area contributed by atoms with E-state index in [0.717, 1.165) is 12.8 Å². The zero-order valence-electron chi connectivity index (χ0n) is 10.2. The Hall–Kier alpha value is -1.86. The van der Waals surface area contributed by atoms with Gasteiger partial charge in [0.15, 0.2) is 12.4 Å². The lowest BCUT2D eigenvalue weighted by Gasteiger charge is -2.16. The molecule has 0 unspecified atom stereocenters. The van der Waals surface area contributed by atoms with E-state index in [1.165, 1.54) is 4.90 Å². The molecule has 0 radical (unpaired) electrons. The molecule has 1 aromatic carbocycles. The molecular weight excluding hydrogens is 285 g/mol. The summed E-state index contributed by atoms with van der Waals surface area (Å²) in [5.41, 5.74) is 0. The van der Waals surface area contributed by atoms with E-state index in [1.54, 1.807) is 0 Å². The van der Waals surface area contributed by atoms with Gasteiger partial charge in [0.05, 0.1) is 0 Å². The number of hydrogen-bond donors (Lipinski definition) is 0. The van der Waals surface area contributed by atoms with Crippen molar-refractivity contribution in [3.63, 3.8) is 0 Å². The number of carbonyl (C=O) groups is 1. The number of benzene rings is 1. The Balaban J connectivity index is 2.15. The van der Waals surface area contributed by atoms with E-state index >= 15 is 0 Å². The largest absolute Gasteiger partial charge is 0.477 e. The highest BCUT2D eigenvalue weighted by atomic mass is 19.2. The van der Waals surface area contributed by atoms with Crippen molar-refractivity contribution in [3.8, 4) is 5.75 Å². The van der Waals surface area contributed by atoms with Gasteiger partial charge in [-0.2, -0.15) is 8.78 Å². The van der Waals surface area contributed by atoms with Crippen LogP contribution in [0.2, 0.25) is 0 Å². The minimum atomic E-state index is -2.27. The Bertz CT molecular complexity index is 514. The molecule has 2 rings (SSSR count). The smallest absolute Gasteiger partial charge is 0.260 e. The zero-order valence-corrected chi connectivity index (χ0v) is 10.2. The third-order valence-electron chi connectivity index (χ3n) is 2.97. The van der Waals surface area contributed by atoms with Gasteiger partial charge in [-0.25, -0.2) is 13.2 Å². The van der Waals surface area contributed by atoms with Crippen LogP contribution in [0.3, 0.4) is 0 Å². The van der Waals surface area contributed by atoms with Crippen LogP contribution < -0.4 is 4.74 Å². The van der Waals surface area contributed by atoms with E-state index in [0.29, 0.717) is 13.1 Å². The molecule has 0 bridgehead atoms. The molecule has 0 N–H and O–H groups in total. The fraction of sp³-hybridized carbons (Fsp3) is 0.417. The number of nitrogens with zero attached hydrogens (tertiary/aromatic N) is 1. The van der Waals surface area contributed by atoms with Gasteiger partial charge in [0.2, 0.25) is 29.1 Å². The van der Waals surface area contributed by atoms with Crippen molar-refractivity contribution < 1.29 is 31.5 Å². The van der Waals surface area contributed by atoms with Crippen LogP contribution in [-0.2, 0) is 4.79 Å². The van der Waals surface area contributed by atoms with E-state index in [4.69, 9.17) is 0 Å². The molecule has 3 nitrogen and oxygen atoms in total. The molecule has 0 aromatic heterocycles. The second-order valence-electron chi connectivity index (χ2n) is 4.28. The number of rotatable bonds is 3. The lowest BCUT2D eigenvalue weighted by molar-refractivity contribution is -0.132. The molecule has 110 valence electrons. The molecule has 20 heavy (non-hydrogen) atoms. The molecular formula is C12H10F5NO2. The second kappa shape index (κ2) is 5.64. The molecule has 8 heteroatoms.